The fourth-order valence-corrected chi connectivity index (χ4v) is 2.03. The van der Waals surface area contributed by atoms with E-state index in [2.05, 4.69) is 0 Å². The lowest BCUT2D eigenvalue weighted by Crippen LogP contribution is -2.42. The molecule has 4 heteroatoms. The van der Waals surface area contributed by atoms with Gasteiger partial charge in [0, 0.05) is 31.3 Å². The first-order chi connectivity index (χ1) is 6.65. The zero-order valence-corrected chi connectivity index (χ0v) is 9.33. The number of nitrogens with zero attached hydrogens (tertiary/aromatic N) is 1. The number of carbonyl (C=O) groups is 1. The molecular weight excluding hydrogens is 202 g/mol. The fraction of sp³-hybridized carbons (Fsp3) is 0.900. The van der Waals surface area contributed by atoms with Gasteiger partial charge in [-0.2, -0.15) is 0 Å². The van der Waals surface area contributed by atoms with E-state index in [1.807, 2.05) is 4.90 Å². The van der Waals surface area contributed by atoms with Crippen LogP contribution >= 0.6 is 11.6 Å². The van der Waals surface area contributed by atoms with Gasteiger partial charge >= 0.3 is 0 Å². The van der Waals surface area contributed by atoms with Crippen molar-refractivity contribution in [3.8, 4) is 0 Å². The Balaban J connectivity index is 2.43. The highest BCUT2D eigenvalue weighted by atomic mass is 35.5. The lowest BCUT2D eigenvalue weighted by Gasteiger charge is -2.34. The van der Waals surface area contributed by atoms with Crippen LogP contribution in [0.2, 0.25) is 0 Å². The van der Waals surface area contributed by atoms with Crippen molar-refractivity contribution in [2.45, 2.75) is 32.3 Å². The summed E-state index contributed by atoms with van der Waals surface area (Å²) in [7, 11) is 0. The number of hydrogen-bond donors (Lipinski definition) is 1. The Hall–Kier alpha value is -0.280. The number of hydrogen-bond acceptors (Lipinski definition) is 2. The van der Waals surface area contributed by atoms with Gasteiger partial charge in [-0.15, -0.1) is 11.6 Å². The standard InChI is InChI=1S/C10H18ClNO2/c1-8(13)9-3-2-6-12(7-9)10(14)4-5-11/h8-9,13H,2-7H2,1H3/t8-,9+/m0/s1. The summed E-state index contributed by atoms with van der Waals surface area (Å²) in [5.41, 5.74) is 0. The Bertz CT molecular complexity index is 197. The number of aliphatic hydroxyl groups excluding tert-OH is 1. The van der Waals surface area contributed by atoms with E-state index in [4.69, 9.17) is 11.6 Å². The second-order valence-electron chi connectivity index (χ2n) is 3.92. The molecule has 1 aliphatic rings. The van der Waals surface area contributed by atoms with Gasteiger partial charge in [-0.1, -0.05) is 0 Å². The molecule has 2 atom stereocenters. The van der Waals surface area contributed by atoms with E-state index in [9.17, 15) is 9.90 Å². The summed E-state index contributed by atoms with van der Waals surface area (Å²) in [5, 5.41) is 9.44. The Morgan fingerprint density at radius 2 is 2.43 bits per heavy atom. The second kappa shape index (κ2) is 5.56. The molecule has 0 radical (unpaired) electrons. The Labute approximate surface area is 90.0 Å². The highest BCUT2D eigenvalue weighted by Gasteiger charge is 2.25. The number of carbonyl (C=O) groups excluding carboxylic acids is 1. The van der Waals surface area contributed by atoms with Crippen LogP contribution in [0.1, 0.15) is 26.2 Å². The number of piperidine rings is 1. The van der Waals surface area contributed by atoms with Crippen LogP contribution in [0, 0.1) is 5.92 Å². The van der Waals surface area contributed by atoms with Crippen molar-refractivity contribution in [2.75, 3.05) is 19.0 Å². The number of likely N-dealkylation sites (tertiary alicyclic amines) is 1. The number of amides is 1. The van der Waals surface area contributed by atoms with Gasteiger partial charge in [0.25, 0.3) is 0 Å². The molecule has 3 nitrogen and oxygen atoms in total. The van der Waals surface area contributed by atoms with Gasteiger partial charge in [-0.05, 0) is 19.8 Å². The maximum Gasteiger partial charge on any atom is 0.223 e. The van der Waals surface area contributed by atoms with E-state index in [-0.39, 0.29) is 17.9 Å². The minimum absolute atomic E-state index is 0.116. The average Bonchev–Trinajstić information content (AvgIpc) is 2.18. The molecule has 1 heterocycles. The maximum absolute atomic E-state index is 11.5. The largest absolute Gasteiger partial charge is 0.393 e. The molecule has 1 N–H and O–H groups in total. The SMILES string of the molecule is C[C@H](O)[C@@H]1CCCN(C(=O)CCCl)C1. The number of rotatable bonds is 3. The smallest absolute Gasteiger partial charge is 0.223 e. The van der Waals surface area contributed by atoms with Crippen LogP contribution in [-0.2, 0) is 4.79 Å². The van der Waals surface area contributed by atoms with Crippen LogP contribution < -0.4 is 0 Å². The minimum Gasteiger partial charge on any atom is -0.393 e. The molecule has 0 aromatic carbocycles. The monoisotopic (exact) mass is 219 g/mol. The first-order valence-corrected chi connectivity index (χ1v) is 5.70. The van der Waals surface area contributed by atoms with E-state index in [1.165, 1.54) is 0 Å². The van der Waals surface area contributed by atoms with E-state index in [0.29, 0.717) is 18.8 Å². The molecule has 0 aliphatic carbocycles. The van der Waals surface area contributed by atoms with Gasteiger partial charge in [0.2, 0.25) is 5.91 Å². The minimum atomic E-state index is -0.318. The van der Waals surface area contributed by atoms with Crippen molar-refractivity contribution in [3.05, 3.63) is 0 Å². The summed E-state index contributed by atoms with van der Waals surface area (Å²) < 4.78 is 0. The highest BCUT2D eigenvalue weighted by Crippen LogP contribution is 2.20. The summed E-state index contributed by atoms with van der Waals surface area (Å²) in [4.78, 5) is 13.3. The van der Waals surface area contributed by atoms with Crippen molar-refractivity contribution < 1.29 is 9.90 Å². The molecule has 0 spiro atoms. The lowest BCUT2D eigenvalue weighted by atomic mass is 9.93. The van der Waals surface area contributed by atoms with Crippen molar-refractivity contribution in [3.63, 3.8) is 0 Å². The molecular formula is C10H18ClNO2. The van der Waals surface area contributed by atoms with Crippen LogP contribution in [0.5, 0.6) is 0 Å². The van der Waals surface area contributed by atoms with Crippen LogP contribution in [0.25, 0.3) is 0 Å². The zero-order valence-electron chi connectivity index (χ0n) is 8.58. The molecule has 1 rings (SSSR count). The second-order valence-corrected chi connectivity index (χ2v) is 4.30. The predicted molar refractivity (Wildman–Crippen MR) is 56.3 cm³/mol. The Morgan fingerprint density at radius 1 is 1.71 bits per heavy atom. The lowest BCUT2D eigenvalue weighted by molar-refractivity contribution is -0.133. The molecule has 0 unspecified atom stereocenters. The first-order valence-electron chi connectivity index (χ1n) is 5.17. The maximum atomic E-state index is 11.5. The Morgan fingerprint density at radius 3 is 3.00 bits per heavy atom. The summed E-state index contributed by atoms with van der Waals surface area (Å²) >= 11 is 5.52. The molecule has 1 amide bonds. The quantitative estimate of drug-likeness (QED) is 0.726. The van der Waals surface area contributed by atoms with Gasteiger partial charge in [0.1, 0.15) is 0 Å². The van der Waals surface area contributed by atoms with Crippen molar-refractivity contribution in [1.82, 2.24) is 4.90 Å². The van der Waals surface area contributed by atoms with E-state index in [1.54, 1.807) is 6.92 Å². The average molecular weight is 220 g/mol. The Kier molecular flexibility index (Phi) is 4.69. The topological polar surface area (TPSA) is 40.5 Å². The number of aliphatic hydroxyl groups is 1. The first kappa shape index (κ1) is 11.8. The molecule has 1 fully saturated rings. The molecule has 0 aromatic rings. The fourth-order valence-electron chi connectivity index (χ4n) is 1.87. The summed E-state index contributed by atoms with van der Waals surface area (Å²) in [5.74, 6) is 0.739. The molecule has 0 bridgehead atoms. The molecule has 0 saturated carbocycles. The highest BCUT2D eigenvalue weighted by molar-refractivity contribution is 6.18. The van der Waals surface area contributed by atoms with Crippen molar-refractivity contribution >= 4 is 17.5 Å². The zero-order chi connectivity index (χ0) is 10.6. The molecule has 1 aliphatic heterocycles. The number of halogens is 1. The normalized spacial score (nSPS) is 24.8. The van der Waals surface area contributed by atoms with Gasteiger partial charge < -0.3 is 10.0 Å². The third kappa shape index (κ3) is 3.14. The van der Waals surface area contributed by atoms with Gasteiger partial charge in [0.05, 0.1) is 6.10 Å². The third-order valence-corrected chi connectivity index (χ3v) is 2.99. The van der Waals surface area contributed by atoms with Crippen LogP contribution in [-0.4, -0.2) is 41.0 Å². The molecule has 0 aromatic heterocycles. The third-order valence-electron chi connectivity index (χ3n) is 2.80. The van der Waals surface area contributed by atoms with Crippen LogP contribution in [0.4, 0.5) is 0 Å². The van der Waals surface area contributed by atoms with Gasteiger partial charge in [-0.3, -0.25) is 4.79 Å². The molecule has 14 heavy (non-hydrogen) atoms. The van der Waals surface area contributed by atoms with Crippen LogP contribution in [0.3, 0.4) is 0 Å². The summed E-state index contributed by atoms with van der Waals surface area (Å²) in [6.07, 6.45) is 2.10. The predicted octanol–water partition coefficient (Wildman–Crippen LogP) is 1.23. The molecule has 82 valence electrons. The van der Waals surface area contributed by atoms with E-state index in [0.717, 1.165) is 19.4 Å². The van der Waals surface area contributed by atoms with Crippen LogP contribution in [0.15, 0.2) is 0 Å². The summed E-state index contributed by atoms with van der Waals surface area (Å²) in [6, 6.07) is 0. The van der Waals surface area contributed by atoms with Gasteiger partial charge in [-0.25, -0.2) is 0 Å². The van der Waals surface area contributed by atoms with E-state index >= 15 is 0 Å². The van der Waals surface area contributed by atoms with Crippen molar-refractivity contribution in [1.29, 1.82) is 0 Å². The summed E-state index contributed by atoms with van der Waals surface area (Å²) in [6.45, 7) is 3.30. The van der Waals surface area contributed by atoms with Gasteiger partial charge in [0.15, 0.2) is 0 Å². The molecule has 1 saturated heterocycles. The number of alkyl halides is 1. The van der Waals surface area contributed by atoms with E-state index < -0.39 is 0 Å². The van der Waals surface area contributed by atoms with Crippen molar-refractivity contribution in [2.24, 2.45) is 5.92 Å².